The highest BCUT2D eigenvalue weighted by molar-refractivity contribution is 5.80. The molecule has 5 N–H and O–H groups in total. The number of unbranched alkanes of at least 4 members (excludes halogenated alkanes) is 31. The zero-order valence-corrected chi connectivity index (χ0v) is 38.5. The van der Waals surface area contributed by atoms with E-state index in [1.807, 2.05) is 0 Å². The van der Waals surface area contributed by atoms with Gasteiger partial charge in [-0.3, -0.25) is 4.79 Å². The summed E-state index contributed by atoms with van der Waals surface area (Å²) in [5, 5.41) is 43.8. The maximum atomic E-state index is 12.6. The highest BCUT2D eigenvalue weighted by Crippen LogP contribution is 2.16. The average Bonchev–Trinajstić information content (AvgIpc) is 3.23. The molecule has 58 heavy (non-hydrogen) atoms. The molecule has 0 aromatic rings. The summed E-state index contributed by atoms with van der Waals surface area (Å²) < 4.78 is 0. The van der Waals surface area contributed by atoms with Gasteiger partial charge in [0, 0.05) is 0 Å². The summed E-state index contributed by atoms with van der Waals surface area (Å²) in [6, 6.07) is -1.00. The van der Waals surface area contributed by atoms with Crippen molar-refractivity contribution in [2.75, 3.05) is 6.61 Å². The molecule has 342 valence electrons. The fraction of sp³-hybridized carbons (Fsp3) is 0.865. The fourth-order valence-corrected chi connectivity index (χ4v) is 7.79. The molecule has 0 aliphatic heterocycles. The Hall–Kier alpha value is -1.47. The fourth-order valence-electron chi connectivity index (χ4n) is 7.79. The van der Waals surface area contributed by atoms with E-state index in [1.165, 1.54) is 180 Å². The second-order valence-electron chi connectivity index (χ2n) is 17.5. The molecule has 0 spiro atoms. The zero-order valence-electron chi connectivity index (χ0n) is 38.5. The quantitative estimate of drug-likeness (QED) is 0.0310. The lowest BCUT2D eigenvalue weighted by Gasteiger charge is -2.27. The van der Waals surface area contributed by atoms with Gasteiger partial charge in [0.15, 0.2) is 0 Å². The van der Waals surface area contributed by atoms with Crippen LogP contribution in [-0.2, 0) is 4.79 Å². The van der Waals surface area contributed by atoms with E-state index in [0.29, 0.717) is 12.8 Å². The van der Waals surface area contributed by atoms with Gasteiger partial charge in [0.2, 0.25) is 5.91 Å². The summed E-state index contributed by atoms with van der Waals surface area (Å²) in [6.07, 6.45) is 56.2. The predicted molar refractivity (Wildman–Crippen MR) is 251 cm³/mol. The Labute approximate surface area is 360 Å². The molecule has 0 saturated heterocycles. The van der Waals surface area contributed by atoms with Gasteiger partial charge in [0.1, 0.15) is 12.2 Å². The molecular weight excluding hydrogens is 719 g/mol. The van der Waals surface area contributed by atoms with E-state index in [1.54, 1.807) is 0 Å². The highest BCUT2D eigenvalue weighted by Gasteiger charge is 2.28. The lowest BCUT2D eigenvalue weighted by molar-refractivity contribution is -0.132. The van der Waals surface area contributed by atoms with E-state index in [4.69, 9.17) is 0 Å². The van der Waals surface area contributed by atoms with Crippen LogP contribution in [0.4, 0.5) is 0 Å². The molecule has 0 aromatic carbocycles. The van der Waals surface area contributed by atoms with E-state index < -0.39 is 36.9 Å². The van der Waals surface area contributed by atoms with Crippen molar-refractivity contribution in [2.24, 2.45) is 0 Å². The summed E-state index contributed by atoms with van der Waals surface area (Å²) in [7, 11) is 0. The molecule has 0 heterocycles. The minimum absolute atomic E-state index is 0.356. The van der Waals surface area contributed by atoms with Crippen LogP contribution in [0.15, 0.2) is 36.5 Å². The van der Waals surface area contributed by atoms with Gasteiger partial charge in [-0.25, -0.2) is 0 Å². The predicted octanol–water partition coefficient (Wildman–Crippen LogP) is 14.1. The number of aliphatic hydroxyl groups is 4. The zero-order chi connectivity index (χ0) is 42.4. The standard InChI is InChI=1S/C52H99NO5/c1-3-5-7-9-11-13-15-17-19-21-23-24-25-26-27-28-30-32-34-36-38-40-42-44-46-50(56)52(58)53-48(47-54)51(57)49(55)45-43-41-39-37-35-33-31-29-22-20-18-16-14-12-10-8-6-4-2/h23-24,26-27,37,39,48-51,54-57H,3-22,25,28-36,38,40-47H2,1-2H3,(H,53,58)/b24-23-,27-26-,39-37+. The molecule has 0 rings (SSSR count). The number of carbonyl (C=O) groups excluding carboxylic acids is 1. The second-order valence-corrected chi connectivity index (χ2v) is 17.5. The monoisotopic (exact) mass is 818 g/mol. The average molecular weight is 818 g/mol. The summed E-state index contributed by atoms with van der Waals surface area (Å²) in [5.41, 5.74) is 0. The van der Waals surface area contributed by atoms with Crippen LogP contribution in [0.2, 0.25) is 0 Å². The largest absolute Gasteiger partial charge is 0.394 e. The summed E-state index contributed by atoms with van der Waals surface area (Å²) >= 11 is 0. The number of amides is 1. The van der Waals surface area contributed by atoms with Crippen molar-refractivity contribution in [3.05, 3.63) is 36.5 Å². The Bertz CT molecular complexity index is 919. The maximum Gasteiger partial charge on any atom is 0.249 e. The molecule has 0 fully saturated rings. The molecule has 4 unspecified atom stereocenters. The molecule has 1 amide bonds. The molecule has 0 aromatic heterocycles. The first kappa shape index (κ1) is 56.5. The van der Waals surface area contributed by atoms with Crippen LogP contribution in [0.25, 0.3) is 0 Å². The molecule has 6 nitrogen and oxygen atoms in total. The molecular formula is C52H99NO5. The molecule has 4 atom stereocenters. The number of aliphatic hydroxyl groups excluding tert-OH is 4. The number of rotatable bonds is 46. The maximum absolute atomic E-state index is 12.6. The summed E-state index contributed by atoms with van der Waals surface area (Å²) in [6.45, 7) is 4.05. The van der Waals surface area contributed by atoms with Crippen LogP contribution in [0.5, 0.6) is 0 Å². The SMILES string of the molecule is CCCCCCCCCCC/C=C\C/C=C\CCCCCCCCCCC(O)C(=O)NC(CO)C(O)C(O)CCC/C=C/CCCCCCCCCCCCCCC. The molecule has 0 aliphatic rings. The Morgan fingerprint density at radius 2 is 0.759 bits per heavy atom. The van der Waals surface area contributed by atoms with Gasteiger partial charge >= 0.3 is 0 Å². The number of hydrogen-bond acceptors (Lipinski definition) is 5. The van der Waals surface area contributed by atoms with Crippen molar-refractivity contribution in [3.8, 4) is 0 Å². The minimum Gasteiger partial charge on any atom is -0.394 e. The Morgan fingerprint density at radius 1 is 0.431 bits per heavy atom. The topological polar surface area (TPSA) is 110 Å². The van der Waals surface area contributed by atoms with Crippen LogP contribution >= 0.6 is 0 Å². The third kappa shape index (κ3) is 40.0. The Kier molecular flexibility index (Phi) is 45.4. The van der Waals surface area contributed by atoms with Gasteiger partial charge in [-0.2, -0.15) is 0 Å². The van der Waals surface area contributed by atoms with Crippen LogP contribution in [0.3, 0.4) is 0 Å². The number of allylic oxidation sites excluding steroid dienone is 6. The van der Waals surface area contributed by atoms with Gasteiger partial charge in [-0.05, 0) is 70.6 Å². The summed E-state index contributed by atoms with van der Waals surface area (Å²) in [5.74, 6) is -0.597. The smallest absolute Gasteiger partial charge is 0.249 e. The van der Waals surface area contributed by atoms with Crippen molar-refractivity contribution >= 4 is 5.91 Å². The normalized spacial score (nSPS) is 14.2. The molecule has 0 bridgehead atoms. The first-order valence-corrected chi connectivity index (χ1v) is 25.4. The molecule has 0 saturated carbocycles. The van der Waals surface area contributed by atoms with Crippen molar-refractivity contribution < 1.29 is 25.2 Å². The lowest BCUT2D eigenvalue weighted by atomic mass is 10.00. The second kappa shape index (κ2) is 46.6. The first-order chi connectivity index (χ1) is 28.5. The first-order valence-electron chi connectivity index (χ1n) is 25.4. The van der Waals surface area contributed by atoms with Gasteiger partial charge < -0.3 is 25.7 Å². The highest BCUT2D eigenvalue weighted by atomic mass is 16.3. The number of hydrogen-bond donors (Lipinski definition) is 5. The van der Waals surface area contributed by atoms with Crippen LogP contribution in [-0.4, -0.2) is 57.3 Å². The van der Waals surface area contributed by atoms with Crippen LogP contribution in [0.1, 0.15) is 258 Å². The van der Waals surface area contributed by atoms with E-state index in [-0.39, 0.29) is 0 Å². The van der Waals surface area contributed by atoms with Crippen molar-refractivity contribution in [1.82, 2.24) is 5.32 Å². The van der Waals surface area contributed by atoms with Gasteiger partial charge in [0.05, 0.1) is 18.8 Å². The van der Waals surface area contributed by atoms with Crippen LogP contribution < -0.4 is 5.32 Å². The lowest BCUT2D eigenvalue weighted by Crippen LogP contribution is -2.53. The van der Waals surface area contributed by atoms with Gasteiger partial charge in [0.25, 0.3) is 0 Å². The Balaban J connectivity index is 3.73. The molecule has 0 radical (unpaired) electrons. The molecule has 6 heteroatoms. The number of nitrogens with one attached hydrogen (secondary N) is 1. The number of carbonyl (C=O) groups is 1. The van der Waals surface area contributed by atoms with E-state index in [0.717, 1.165) is 51.4 Å². The van der Waals surface area contributed by atoms with Gasteiger partial charge in [-0.15, -0.1) is 0 Å². The Morgan fingerprint density at radius 3 is 1.14 bits per heavy atom. The van der Waals surface area contributed by atoms with Crippen molar-refractivity contribution in [3.63, 3.8) is 0 Å². The van der Waals surface area contributed by atoms with E-state index in [2.05, 4.69) is 55.6 Å². The van der Waals surface area contributed by atoms with Crippen molar-refractivity contribution in [1.29, 1.82) is 0 Å². The van der Waals surface area contributed by atoms with E-state index in [9.17, 15) is 25.2 Å². The minimum atomic E-state index is -1.28. The summed E-state index contributed by atoms with van der Waals surface area (Å²) in [4.78, 5) is 12.6. The third-order valence-corrected chi connectivity index (χ3v) is 11.8. The van der Waals surface area contributed by atoms with E-state index >= 15 is 0 Å². The molecule has 0 aliphatic carbocycles. The van der Waals surface area contributed by atoms with Crippen LogP contribution in [0, 0.1) is 0 Å². The van der Waals surface area contributed by atoms with Crippen molar-refractivity contribution in [2.45, 2.75) is 282 Å². The van der Waals surface area contributed by atoms with Gasteiger partial charge in [-0.1, -0.05) is 224 Å². The third-order valence-electron chi connectivity index (χ3n) is 11.8.